The van der Waals surface area contributed by atoms with Crippen molar-refractivity contribution in [3.8, 4) is 0 Å². The summed E-state index contributed by atoms with van der Waals surface area (Å²) >= 11 is 0. The van der Waals surface area contributed by atoms with Gasteiger partial charge in [0.2, 0.25) is 0 Å². The molecule has 0 radical (unpaired) electrons. The normalized spacial score (nSPS) is 21.1. The molecule has 3 nitrogen and oxygen atoms in total. The molecular formula is C14H23N3. The first-order valence-electron chi connectivity index (χ1n) is 6.52. The Bertz CT molecular complexity index is 335. The van der Waals surface area contributed by atoms with Crippen LogP contribution in [0.4, 0.5) is 0 Å². The van der Waals surface area contributed by atoms with E-state index in [4.69, 9.17) is 0 Å². The summed E-state index contributed by atoms with van der Waals surface area (Å²) < 4.78 is 0. The predicted octanol–water partition coefficient (Wildman–Crippen LogP) is 1.70. The molecule has 0 unspecified atom stereocenters. The average Bonchev–Trinajstić information content (AvgIpc) is 2.49. The second kappa shape index (κ2) is 5.61. The van der Waals surface area contributed by atoms with Crippen molar-refractivity contribution in [2.24, 2.45) is 0 Å². The molecule has 1 N–H and O–H groups in total. The maximum Gasteiger partial charge on any atom is 0.0270 e. The van der Waals surface area contributed by atoms with Crippen LogP contribution in [0.2, 0.25) is 0 Å². The van der Waals surface area contributed by atoms with Gasteiger partial charge >= 0.3 is 0 Å². The summed E-state index contributed by atoms with van der Waals surface area (Å²) in [4.78, 5) is 6.62. The van der Waals surface area contributed by atoms with Crippen LogP contribution in [0.25, 0.3) is 0 Å². The summed E-state index contributed by atoms with van der Waals surface area (Å²) in [6.07, 6.45) is 6.13. The van der Waals surface area contributed by atoms with E-state index < -0.39 is 0 Å². The van der Waals surface area contributed by atoms with Crippen molar-refractivity contribution >= 4 is 0 Å². The Hall–Kier alpha value is -0.930. The summed E-state index contributed by atoms with van der Waals surface area (Å²) in [5.41, 5.74) is 1.63. The predicted molar refractivity (Wildman–Crippen MR) is 71.1 cm³/mol. The third-order valence-electron chi connectivity index (χ3n) is 3.34. The van der Waals surface area contributed by atoms with Crippen molar-refractivity contribution in [1.82, 2.24) is 15.2 Å². The van der Waals surface area contributed by atoms with Crippen LogP contribution in [0.15, 0.2) is 24.5 Å². The van der Waals surface area contributed by atoms with Crippen molar-refractivity contribution in [1.29, 1.82) is 0 Å². The first kappa shape index (κ1) is 12.5. The first-order valence-corrected chi connectivity index (χ1v) is 6.52. The quantitative estimate of drug-likeness (QED) is 0.861. The molecule has 0 bridgehead atoms. The summed E-state index contributed by atoms with van der Waals surface area (Å²) in [5.74, 6) is 0. The lowest BCUT2D eigenvalue weighted by molar-refractivity contribution is 0.233. The van der Waals surface area contributed by atoms with Crippen LogP contribution in [0.5, 0.6) is 0 Å². The largest absolute Gasteiger partial charge is 0.310 e. The van der Waals surface area contributed by atoms with Gasteiger partial charge in [-0.05, 0) is 57.5 Å². The Morgan fingerprint density at radius 3 is 2.88 bits per heavy atom. The van der Waals surface area contributed by atoms with E-state index in [1.165, 1.54) is 18.5 Å². The van der Waals surface area contributed by atoms with Crippen molar-refractivity contribution in [3.05, 3.63) is 30.1 Å². The maximum atomic E-state index is 4.05. The molecule has 0 saturated carbocycles. The highest BCUT2D eigenvalue weighted by Gasteiger charge is 2.23. The van der Waals surface area contributed by atoms with Crippen LogP contribution in [-0.4, -0.2) is 41.6 Å². The molecule has 0 atom stereocenters. The van der Waals surface area contributed by atoms with Gasteiger partial charge in [0.25, 0.3) is 0 Å². The number of aromatic nitrogens is 1. The Balaban J connectivity index is 1.86. The highest BCUT2D eigenvalue weighted by molar-refractivity contribution is 5.10. The zero-order chi connectivity index (χ0) is 12.1. The van der Waals surface area contributed by atoms with Gasteiger partial charge in [0.15, 0.2) is 0 Å². The molecule has 2 heterocycles. The fourth-order valence-electron chi connectivity index (χ4n) is 2.45. The van der Waals surface area contributed by atoms with Crippen molar-refractivity contribution in [3.63, 3.8) is 0 Å². The molecule has 3 heteroatoms. The zero-order valence-electron chi connectivity index (χ0n) is 10.9. The van der Waals surface area contributed by atoms with E-state index in [1.54, 1.807) is 0 Å². The van der Waals surface area contributed by atoms with Gasteiger partial charge in [-0.25, -0.2) is 0 Å². The number of nitrogens with one attached hydrogen (secondary N) is 1. The molecule has 1 aromatic heterocycles. The highest BCUT2D eigenvalue weighted by Crippen LogP contribution is 2.11. The van der Waals surface area contributed by atoms with Gasteiger partial charge in [0.05, 0.1) is 0 Å². The third kappa shape index (κ3) is 4.10. The van der Waals surface area contributed by atoms with Crippen LogP contribution in [-0.2, 0) is 6.42 Å². The van der Waals surface area contributed by atoms with E-state index in [-0.39, 0.29) is 5.54 Å². The number of nitrogens with zero attached hydrogens (tertiary/aromatic N) is 2. The van der Waals surface area contributed by atoms with Gasteiger partial charge in [-0.15, -0.1) is 0 Å². The van der Waals surface area contributed by atoms with Gasteiger partial charge in [0.1, 0.15) is 0 Å². The molecule has 0 aliphatic carbocycles. The number of hydrogen-bond acceptors (Lipinski definition) is 3. The zero-order valence-corrected chi connectivity index (χ0v) is 10.9. The fraction of sp³-hybridized carbons (Fsp3) is 0.643. The Morgan fingerprint density at radius 1 is 1.35 bits per heavy atom. The molecule has 1 aliphatic heterocycles. The van der Waals surface area contributed by atoms with E-state index in [0.717, 1.165) is 26.1 Å². The Labute approximate surface area is 104 Å². The smallest absolute Gasteiger partial charge is 0.0270 e. The standard InChI is InChI=1S/C14H23N3/c1-14(2)12-17(10-3-7-16-14)11-6-13-4-8-15-9-5-13/h4-5,8-9,16H,3,6-7,10-12H2,1-2H3. The van der Waals surface area contributed by atoms with E-state index in [0.29, 0.717) is 0 Å². The number of rotatable bonds is 3. The van der Waals surface area contributed by atoms with Gasteiger partial charge < -0.3 is 10.2 Å². The molecule has 0 amide bonds. The highest BCUT2D eigenvalue weighted by atomic mass is 15.2. The van der Waals surface area contributed by atoms with E-state index in [2.05, 4.69) is 41.2 Å². The second-order valence-corrected chi connectivity index (χ2v) is 5.55. The molecule has 0 aromatic carbocycles. The summed E-state index contributed by atoms with van der Waals surface area (Å²) in [7, 11) is 0. The molecular weight excluding hydrogens is 210 g/mol. The molecule has 1 saturated heterocycles. The molecule has 1 aliphatic rings. The van der Waals surface area contributed by atoms with Crippen LogP contribution in [0.3, 0.4) is 0 Å². The minimum absolute atomic E-state index is 0.245. The van der Waals surface area contributed by atoms with Crippen LogP contribution in [0.1, 0.15) is 25.8 Å². The van der Waals surface area contributed by atoms with Gasteiger partial charge in [-0.2, -0.15) is 0 Å². The monoisotopic (exact) mass is 233 g/mol. The number of pyridine rings is 1. The van der Waals surface area contributed by atoms with E-state index in [1.807, 2.05) is 12.4 Å². The van der Waals surface area contributed by atoms with Crippen LogP contribution in [0, 0.1) is 0 Å². The second-order valence-electron chi connectivity index (χ2n) is 5.55. The van der Waals surface area contributed by atoms with Crippen molar-refractivity contribution < 1.29 is 0 Å². The molecule has 17 heavy (non-hydrogen) atoms. The lowest BCUT2D eigenvalue weighted by Crippen LogP contribution is -2.46. The first-order chi connectivity index (χ1) is 8.16. The van der Waals surface area contributed by atoms with Crippen LogP contribution < -0.4 is 5.32 Å². The molecule has 94 valence electrons. The minimum atomic E-state index is 0.245. The lowest BCUT2D eigenvalue weighted by Gasteiger charge is -2.30. The minimum Gasteiger partial charge on any atom is -0.310 e. The molecule has 0 spiro atoms. The maximum absolute atomic E-state index is 4.05. The van der Waals surface area contributed by atoms with E-state index in [9.17, 15) is 0 Å². The summed E-state index contributed by atoms with van der Waals surface area (Å²) in [6.45, 7) is 9.21. The summed E-state index contributed by atoms with van der Waals surface area (Å²) in [5, 5.41) is 3.60. The average molecular weight is 233 g/mol. The summed E-state index contributed by atoms with van der Waals surface area (Å²) in [6, 6.07) is 4.22. The van der Waals surface area contributed by atoms with E-state index >= 15 is 0 Å². The topological polar surface area (TPSA) is 28.2 Å². The Kier molecular flexibility index (Phi) is 4.13. The van der Waals surface area contributed by atoms with Gasteiger partial charge in [-0.1, -0.05) is 0 Å². The van der Waals surface area contributed by atoms with Crippen LogP contribution >= 0.6 is 0 Å². The van der Waals surface area contributed by atoms with Gasteiger partial charge in [0, 0.05) is 31.0 Å². The SMILES string of the molecule is CC1(C)CN(CCc2ccncc2)CCCN1. The molecule has 1 fully saturated rings. The van der Waals surface area contributed by atoms with Crippen molar-refractivity contribution in [2.75, 3.05) is 26.2 Å². The third-order valence-corrected chi connectivity index (χ3v) is 3.34. The molecule has 2 rings (SSSR count). The lowest BCUT2D eigenvalue weighted by atomic mass is 10.1. The van der Waals surface area contributed by atoms with Gasteiger partial charge in [-0.3, -0.25) is 4.98 Å². The Morgan fingerprint density at radius 2 is 2.12 bits per heavy atom. The fourth-order valence-corrected chi connectivity index (χ4v) is 2.45. The molecule has 1 aromatic rings. The van der Waals surface area contributed by atoms with Crippen molar-refractivity contribution in [2.45, 2.75) is 32.2 Å². The number of hydrogen-bond donors (Lipinski definition) is 1.